The third kappa shape index (κ3) is 4.16. The number of benzene rings is 1. The number of amides is 1. The predicted molar refractivity (Wildman–Crippen MR) is 95.7 cm³/mol. The maximum Gasteiger partial charge on any atom is 0.253 e. The van der Waals surface area contributed by atoms with Gasteiger partial charge in [0.15, 0.2) is 4.47 Å². The van der Waals surface area contributed by atoms with Crippen molar-refractivity contribution in [1.29, 1.82) is 0 Å². The maximum atomic E-state index is 12.6. The van der Waals surface area contributed by atoms with Crippen molar-refractivity contribution in [2.24, 2.45) is 0 Å². The number of carbonyl (C=O) groups is 1. The van der Waals surface area contributed by atoms with Crippen LogP contribution >= 0.6 is 34.5 Å². The lowest BCUT2D eigenvalue weighted by molar-refractivity contribution is 0.0724. The van der Waals surface area contributed by atoms with Gasteiger partial charge >= 0.3 is 0 Å². The van der Waals surface area contributed by atoms with Gasteiger partial charge in [-0.3, -0.25) is 4.79 Å². The van der Waals surface area contributed by atoms with E-state index in [1.54, 1.807) is 18.3 Å². The number of thiazole rings is 1. The summed E-state index contributed by atoms with van der Waals surface area (Å²) in [7, 11) is 0. The molecular formula is C16H17Cl2N3OS. The molecule has 1 aromatic heterocycles. The molecule has 1 fully saturated rings. The third-order valence-corrected chi connectivity index (χ3v) is 5.28. The largest absolute Gasteiger partial charge is 0.379 e. The summed E-state index contributed by atoms with van der Waals surface area (Å²) in [5, 5.41) is 3.84. The zero-order valence-corrected chi connectivity index (χ0v) is 14.8. The van der Waals surface area contributed by atoms with Crippen LogP contribution in [0, 0.1) is 0 Å². The molecule has 2 aromatic rings. The fourth-order valence-electron chi connectivity index (χ4n) is 2.62. The van der Waals surface area contributed by atoms with Gasteiger partial charge in [0.1, 0.15) is 0 Å². The van der Waals surface area contributed by atoms with Crippen molar-refractivity contribution in [3.8, 4) is 0 Å². The fraction of sp³-hybridized carbons (Fsp3) is 0.375. The molecule has 0 aliphatic carbocycles. The van der Waals surface area contributed by atoms with Gasteiger partial charge in [0.2, 0.25) is 0 Å². The Hall–Kier alpha value is -1.30. The van der Waals surface area contributed by atoms with Gasteiger partial charge in [0.25, 0.3) is 5.91 Å². The highest BCUT2D eigenvalue weighted by Gasteiger charge is 2.19. The Kier molecular flexibility index (Phi) is 5.41. The number of hydrogen-bond donors (Lipinski definition) is 1. The van der Waals surface area contributed by atoms with Crippen molar-refractivity contribution in [2.75, 3.05) is 18.4 Å². The van der Waals surface area contributed by atoms with Crippen LogP contribution in [0.15, 0.2) is 24.4 Å². The first-order valence-electron chi connectivity index (χ1n) is 7.56. The molecule has 122 valence electrons. The summed E-state index contributed by atoms with van der Waals surface area (Å²) in [5.74, 6) is 0.0743. The number of piperidine rings is 1. The lowest BCUT2D eigenvalue weighted by Crippen LogP contribution is -2.35. The summed E-state index contributed by atoms with van der Waals surface area (Å²) in [5.41, 5.74) is 1.42. The summed E-state index contributed by atoms with van der Waals surface area (Å²) >= 11 is 13.5. The standard InChI is InChI=1S/C16H17Cl2N3OS/c17-13-5-4-11(15(22)21-6-2-1-3-7-21)8-14(13)19-9-12-10-20-16(18)23-12/h4-5,8,10,19H,1-3,6-7,9H2. The number of nitrogens with zero attached hydrogens (tertiary/aromatic N) is 2. The van der Waals surface area contributed by atoms with Crippen LogP contribution in [0.3, 0.4) is 0 Å². The summed E-state index contributed by atoms with van der Waals surface area (Å²) in [6, 6.07) is 5.37. The van der Waals surface area contributed by atoms with Crippen LogP contribution in [0.1, 0.15) is 34.5 Å². The van der Waals surface area contributed by atoms with Gasteiger partial charge in [-0.05, 0) is 37.5 Å². The Morgan fingerprint density at radius 1 is 1.26 bits per heavy atom. The van der Waals surface area contributed by atoms with E-state index in [0.29, 0.717) is 21.6 Å². The Morgan fingerprint density at radius 3 is 2.74 bits per heavy atom. The van der Waals surface area contributed by atoms with E-state index in [0.717, 1.165) is 36.5 Å². The second-order valence-electron chi connectivity index (χ2n) is 5.48. The normalized spacial score (nSPS) is 14.8. The number of rotatable bonds is 4. The van der Waals surface area contributed by atoms with Crippen molar-refractivity contribution in [1.82, 2.24) is 9.88 Å². The van der Waals surface area contributed by atoms with E-state index in [2.05, 4.69) is 10.3 Å². The maximum absolute atomic E-state index is 12.6. The molecule has 0 saturated carbocycles. The third-order valence-electron chi connectivity index (χ3n) is 3.84. The van der Waals surface area contributed by atoms with Crippen LogP contribution in [0.25, 0.3) is 0 Å². The zero-order valence-electron chi connectivity index (χ0n) is 12.5. The molecule has 1 aromatic carbocycles. The average molecular weight is 370 g/mol. The van der Waals surface area contributed by atoms with Gasteiger partial charge in [0, 0.05) is 29.7 Å². The molecule has 2 heterocycles. The second-order valence-corrected chi connectivity index (χ2v) is 7.59. The van der Waals surface area contributed by atoms with Crippen LogP contribution in [0.4, 0.5) is 5.69 Å². The Morgan fingerprint density at radius 2 is 2.04 bits per heavy atom. The highest BCUT2D eigenvalue weighted by molar-refractivity contribution is 7.15. The molecule has 0 spiro atoms. The Bertz CT molecular complexity index is 698. The number of nitrogens with one attached hydrogen (secondary N) is 1. The van der Waals surface area contributed by atoms with Gasteiger partial charge in [-0.25, -0.2) is 4.98 Å². The molecule has 23 heavy (non-hydrogen) atoms. The molecule has 1 N–H and O–H groups in total. The van der Waals surface area contributed by atoms with Crippen molar-refractivity contribution >= 4 is 46.1 Å². The number of halogens is 2. The molecule has 1 aliphatic rings. The number of likely N-dealkylation sites (tertiary alicyclic amines) is 1. The molecule has 7 heteroatoms. The van der Waals surface area contributed by atoms with Crippen LogP contribution in [-0.4, -0.2) is 28.9 Å². The number of anilines is 1. The lowest BCUT2D eigenvalue weighted by Gasteiger charge is -2.27. The van der Waals surface area contributed by atoms with Crippen LogP contribution in [0.5, 0.6) is 0 Å². The summed E-state index contributed by atoms with van der Waals surface area (Å²) in [6.07, 6.45) is 5.10. The topological polar surface area (TPSA) is 45.2 Å². The van der Waals surface area contributed by atoms with Gasteiger partial charge in [-0.15, -0.1) is 11.3 Å². The monoisotopic (exact) mass is 369 g/mol. The van der Waals surface area contributed by atoms with Crippen molar-refractivity contribution in [2.45, 2.75) is 25.8 Å². The van der Waals surface area contributed by atoms with Crippen molar-refractivity contribution < 1.29 is 4.79 Å². The SMILES string of the molecule is O=C(c1ccc(Cl)c(NCc2cnc(Cl)s2)c1)N1CCCCC1. The molecular weight excluding hydrogens is 353 g/mol. The van der Waals surface area contributed by atoms with Crippen LogP contribution in [0.2, 0.25) is 9.49 Å². The van der Waals surface area contributed by atoms with Gasteiger partial charge in [0.05, 0.1) is 17.3 Å². The van der Waals surface area contributed by atoms with E-state index < -0.39 is 0 Å². The molecule has 3 rings (SSSR count). The lowest BCUT2D eigenvalue weighted by atomic mass is 10.1. The second kappa shape index (κ2) is 7.51. The highest BCUT2D eigenvalue weighted by Crippen LogP contribution is 2.26. The first-order chi connectivity index (χ1) is 11.1. The van der Waals surface area contributed by atoms with Crippen molar-refractivity contribution in [3.63, 3.8) is 0 Å². The van der Waals surface area contributed by atoms with E-state index in [1.807, 2.05) is 11.0 Å². The summed E-state index contributed by atoms with van der Waals surface area (Å²) in [4.78, 5) is 19.5. The van der Waals surface area contributed by atoms with E-state index in [9.17, 15) is 4.79 Å². The molecule has 4 nitrogen and oxygen atoms in total. The molecule has 1 saturated heterocycles. The van der Waals surface area contributed by atoms with Gasteiger partial charge < -0.3 is 10.2 Å². The molecule has 0 radical (unpaired) electrons. The summed E-state index contributed by atoms with van der Waals surface area (Å²) in [6.45, 7) is 2.25. The first kappa shape index (κ1) is 16.6. The Labute approximate surface area is 149 Å². The van der Waals surface area contributed by atoms with Crippen LogP contribution in [-0.2, 0) is 6.54 Å². The quantitative estimate of drug-likeness (QED) is 0.849. The van der Waals surface area contributed by atoms with E-state index in [1.165, 1.54) is 17.8 Å². The molecule has 0 bridgehead atoms. The minimum atomic E-state index is 0.0743. The van der Waals surface area contributed by atoms with E-state index >= 15 is 0 Å². The van der Waals surface area contributed by atoms with Gasteiger partial charge in [-0.2, -0.15) is 0 Å². The molecule has 1 aliphatic heterocycles. The van der Waals surface area contributed by atoms with Crippen LogP contribution < -0.4 is 5.32 Å². The highest BCUT2D eigenvalue weighted by atomic mass is 35.5. The van der Waals surface area contributed by atoms with E-state index in [4.69, 9.17) is 23.2 Å². The average Bonchev–Trinajstić information content (AvgIpc) is 3.00. The first-order valence-corrected chi connectivity index (χ1v) is 9.13. The Balaban J connectivity index is 1.71. The minimum Gasteiger partial charge on any atom is -0.379 e. The number of carbonyl (C=O) groups excluding carboxylic acids is 1. The van der Waals surface area contributed by atoms with E-state index in [-0.39, 0.29) is 5.91 Å². The predicted octanol–water partition coefficient (Wildman–Crippen LogP) is 4.69. The minimum absolute atomic E-state index is 0.0743. The smallest absolute Gasteiger partial charge is 0.253 e. The molecule has 0 atom stereocenters. The summed E-state index contributed by atoms with van der Waals surface area (Å²) < 4.78 is 0.516. The number of hydrogen-bond acceptors (Lipinski definition) is 4. The molecule has 0 unspecified atom stereocenters. The zero-order chi connectivity index (χ0) is 16.2. The number of aromatic nitrogens is 1. The van der Waals surface area contributed by atoms with Crippen molar-refractivity contribution in [3.05, 3.63) is 44.3 Å². The fourth-order valence-corrected chi connectivity index (χ4v) is 3.72. The molecule has 1 amide bonds. The van der Waals surface area contributed by atoms with Gasteiger partial charge in [-0.1, -0.05) is 23.2 Å².